The van der Waals surface area contributed by atoms with Crippen molar-refractivity contribution in [3.8, 4) is 0 Å². The van der Waals surface area contributed by atoms with Crippen molar-refractivity contribution in [1.82, 2.24) is 9.88 Å². The quantitative estimate of drug-likeness (QED) is 0.855. The third-order valence-electron chi connectivity index (χ3n) is 3.56. The molecule has 0 atom stereocenters. The lowest BCUT2D eigenvalue weighted by molar-refractivity contribution is 0.0580. The van der Waals surface area contributed by atoms with Crippen LogP contribution in [0.15, 0.2) is 5.38 Å². The van der Waals surface area contributed by atoms with Crippen molar-refractivity contribution in [2.45, 2.75) is 44.7 Å². The third kappa shape index (κ3) is 3.52. The van der Waals surface area contributed by atoms with Gasteiger partial charge in [0, 0.05) is 24.5 Å². The summed E-state index contributed by atoms with van der Waals surface area (Å²) in [5, 5.41) is 11.7. The number of rotatable bonds is 5. The molecule has 6 heteroatoms. The largest absolute Gasteiger partial charge is 0.395 e. The molecule has 3 N–H and O–H groups in total. The molecular weight excluding hydrogens is 262 g/mol. The van der Waals surface area contributed by atoms with E-state index in [1.807, 2.05) is 0 Å². The maximum Gasteiger partial charge on any atom is 0.273 e. The van der Waals surface area contributed by atoms with E-state index in [1.165, 1.54) is 17.8 Å². The highest BCUT2D eigenvalue weighted by Gasteiger charge is 2.27. The van der Waals surface area contributed by atoms with E-state index >= 15 is 0 Å². The van der Waals surface area contributed by atoms with E-state index < -0.39 is 0 Å². The van der Waals surface area contributed by atoms with Crippen LogP contribution in [0.2, 0.25) is 0 Å². The Morgan fingerprint density at radius 1 is 1.47 bits per heavy atom. The van der Waals surface area contributed by atoms with Gasteiger partial charge in [-0.3, -0.25) is 4.79 Å². The monoisotopic (exact) mass is 283 g/mol. The molecule has 106 valence electrons. The molecule has 0 saturated heterocycles. The van der Waals surface area contributed by atoms with Gasteiger partial charge >= 0.3 is 0 Å². The van der Waals surface area contributed by atoms with E-state index in [0.29, 0.717) is 18.8 Å². The van der Waals surface area contributed by atoms with E-state index in [-0.39, 0.29) is 18.6 Å². The van der Waals surface area contributed by atoms with E-state index in [1.54, 1.807) is 10.3 Å². The van der Waals surface area contributed by atoms with Gasteiger partial charge in [-0.1, -0.05) is 19.3 Å². The number of aliphatic hydroxyl groups is 1. The average molecular weight is 283 g/mol. The molecule has 0 bridgehead atoms. The van der Waals surface area contributed by atoms with Crippen LogP contribution in [0.25, 0.3) is 0 Å². The summed E-state index contributed by atoms with van der Waals surface area (Å²) < 4.78 is 0. The van der Waals surface area contributed by atoms with Crippen molar-refractivity contribution in [3.05, 3.63) is 16.1 Å². The van der Waals surface area contributed by atoms with Crippen LogP contribution in [0.5, 0.6) is 0 Å². The molecule has 1 aliphatic carbocycles. The topological polar surface area (TPSA) is 79.5 Å². The number of carbonyl (C=O) groups excluding carboxylic acids is 1. The predicted molar refractivity (Wildman–Crippen MR) is 75.0 cm³/mol. The molecule has 0 aliphatic heterocycles. The standard InChI is InChI=1S/C13H21N3O2S/c14-8-12-15-11(9-19-12)13(18)16(6-7-17)10-4-2-1-3-5-10/h9-10,17H,1-8,14H2. The first-order chi connectivity index (χ1) is 9.26. The van der Waals surface area contributed by atoms with Crippen molar-refractivity contribution in [1.29, 1.82) is 0 Å². The normalized spacial score (nSPS) is 16.5. The van der Waals surface area contributed by atoms with Crippen LogP contribution in [-0.4, -0.2) is 40.1 Å². The van der Waals surface area contributed by atoms with E-state index in [4.69, 9.17) is 5.73 Å². The van der Waals surface area contributed by atoms with Crippen LogP contribution < -0.4 is 5.73 Å². The van der Waals surface area contributed by atoms with E-state index in [0.717, 1.165) is 30.7 Å². The fourth-order valence-electron chi connectivity index (χ4n) is 2.60. The summed E-state index contributed by atoms with van der Waals surface area (Å²) in [6.45, 7) is 0.747. The van der Waals surface area contributed by atoms with Crippen LogP contribution in [-0.2, 0) is 6.54 Å². The van der Waals surface area contributed by atoms with Gasteiger partial charge in [0.2, 0.25) is 0 Å². The lowest BCUT2D eigenvalue weighted by Gasteiger charge is -2.33. The number of hydrogen-bond donors (Lipinski definition) is 2. The second-order valence-corrected chi connectivity index (χ2v) is 5.79. The summed E-state index contributed by atoms with van der Waals surface area (Å²) in [6, 6.07) is 0.247. The lowest BCUT2D eigenvalue weighted by Crippen LogP contribution is -2.43. The number of aromatic nitrogens is 1. The highest BCUT2D eigenvalue weighted by atomic mass is 32.1. The zero-order valence-corrected chi connectivity index (χ0v) is 11.9. The Labute approximate surface area is 117 Å². The smallest absolute Gasteiger partial charge is 0.273 e. The molecule has 19 heavy (non-hydrogen) atoms. The predicted octanol–water partition coefficient (Wildman–Crippen LogP) is 1.37. The molecule has 1 fully saturated rings. The van der Waals surface area contributed by atoms with Gasteiger partial charge in [0.25, 0.3) is 5.91 Å². The molecule has 1 aliphatic rings. The number of nitrogens with two attached hydrogens (primary N) is 1. The molecule has 1 heterocycles. The van der Waals surface area contributed by atoms with Crippen LogP contribution in [0, 0.1) is 0 Å². The second-order valence-electron chi connectivity index (χ2n) is 4.84. The first kappa shape index (κ1) is 14.4. The highest BCUT2D eigenvalue weighted by molar-refractivity contribution is 7.09. The maximum atomic E-state index is 12.5. The summed E-state index contributed by atoms with van der Waals surface area (Å²) in [7, 11) is 0. The van der Waals surface area contributed by atoms with Gasteiger partial charge in [0.1, 0.15) is 10.7 Å². The zero-order chi connectivity index (χ0) is 13.7. The Bertz CT molecular complexity index is 416. The summed E-state index contributed by atoms with van der Waals surface area (Å²) in [6.07, 6.45) is 5.61. The molecule has 0 unspecified atom stereocenters. The van der Waals surface area contributed by atoms with Gasteiger partial charge in [-0.2, -0.15) is 0 Å². The van der Waals surface area contributed by atoms with Crippen LogP contribution >= 0.6 is 11.3 Å². The number of carbonyl (C=O) groups is 1. The van der Waals surface area contributed by atoms with Crippen molar-refractivity contribution < 1.29 is 9.90 Å². The van der Waals surface area contributed by atoms with Gasteiger partial charge in [-0.15, -0.1) is 11.3 Å². The van der Waals surface area contributed by atoms with Gasteiger partial charge in [-0.25, -0.2) is 4.98 Å². The summed E-state index contributed by atoms with van der Waals surface area (Å²) in [5.41, 5.74) is 5.99. The number of amides is 1. The van der Waals surface area contributed by atoms with Crippen LogP contribution in [0.1, 0.15) is 47.6 Å². The molecule has 1 amide bonds. The summed E-state index contributed by atoms with van der Waals surface area (Å²) in [4.78, 5) is 18.5. The maximum absolute atomic E-state index is 12.5. The summed E-state index contributed by atoms with van der Waals surface area (Å²) in [5.74, 6) is -0.0723. The Hall–Kier alpha value is -0.980. The minimum Gasteiger partial charge on any atom is -0.395 e. The van der Waals surface area contributed by atoms with Gasteiger partial charge in [-0.05, 0) is 12.8 Å². The number of hydrogen-bond acceptors (Lipinski definition) is 5. The Morgan fingerprint density at radius 3 is 2.79 bits per heavy atom. The van der Waals surface area contributed by atoms with Crippen LogP contribution in [0.3, 0.4) is 0 Å². The van der Waals surface area contributed by atoms with Crippen LogP contribution in [0.4, 0.5) is 0 Å². The minimum atomic E-state index is -0.0723. The van der Waals surface area contributed by atoms with Crippen molar-refractivity contribution in [2.24, 2.45) is 5.73 Å². The van der Waals surface area contributed by atoms with Crippen molar-refractivity contribution >= 4 is 17.2 Å². The fourth-order valence-corrected chi connectivity index (χ4v) is 3.25. The SMILES string of the molecule is NCc1nc(C(=O)N(CCO)C2CCCCC2)cs1. The summed E-state index contributed by atoms with van der Waals surface area (Å²) >= 11 is 1.41. The average Bonchev–Trinajstić information content (AvgIpc) is 2.94. The lowest BCUT2D eigenvalue weighted by atomic mass is 9.94. The Balaban J connectivity index is 2.10. The first-order valence-corrected chi connectivity index (χ1v) is 7.70. The number of thiazole rings is 1. The molecule has 5 nitrogen and oxygen atoms in total. The Kier molecular flexibility index (Phi) is 5.30. The number of aliphatic hydroxyl groups excluding tert-OH is 1. The second kappa shape index (κ2) is 6.98. The van der Waals surface area contributed by atoms with Gasteiger partial charge in [0.15, 0.2) is 0 Å². The molecule has 2 rings (SSSR count). The van der Waals surface area contributed by atoms with Gasteiger partial charge in [0.05, 0.1) is 6.61 Å². The van der Waals surface area contributed by atoms with Crippen molar-refractivity contribution in [2.75, 3.05) is 13.2 Å². The first-order valence-electron chi connectivity index (χ1n) is 6.82. The molecule has 1 aromatic rings. The fraction of sp³-hybridized carbons (Fsp3) is 0.692. The molecular formula is C13H21N3O2S. The third-order valence-corrected chi connectivity index (χ3v) is 4.43. The minimum absolute atomic E-state index is 0.00385. The molecule has 1 aromatic heterocycles. The Morgan fingerprint density at radius 2 is 2.21 bits per heavy atom. The van der Waals surface area contributed by atoms with Crippen molar-refractivity contribution in [3.63, 3.8) is 0 Å². The zero-order valence-electron chi connectivity index (χ0n) is 11.0. The molecule has 0 spiro atoms. The molecule has 1 saturated carbocycles. The van der Waals surface area contributed by atoms with Gasteiger partial charge < -0.3 is 15.7 Å². The van der Waals surface area contributed by atoms with E-state index in [9.17, 15) is 9.90 Å². The molecule has 0 aromatic carbocycles. The highest BCUT2D eigenvalue weighted by Crippen LogP contribution is 2.24. The number of nitrogens with zero attached hydrogens (tertiary/aromatic N) is 2. The van der Waals surface area contributed by atoms with E-state index in [2.05, 4.69) is 4.98 Å². The molecule has 0 radical (unpaired) electrons.